The van der Waals surface area contributed by atoms with Crippen molar-refractivity contribution in [3.8, 4) is 0 Å². The van der Waals surface area contributed by atoms with Crippen LogP contribution in [-0.4, -0.2) is 38.8 Å². The second kappa shape index (κ2) is 6.22. The number of carbonyl (C=O) groups is 2. The van der Waals surface area contributed by atoms with Crippen LogP contribution in [0.25, 0.3) is 11.0 Å². The molecule has 4 rings (SSSR count). The molecule has 2 aromatic rings. The molecule has 0 saturated heterocycles. The number of nitrogens with one attached hydrogen (secondary N) is 3. The number of hydrogen-bond acceptors (Lipinski definition) is 4. The zero-order valence-electron chi connectivity index (χ0n) is 13.4. The summed E-state index contributed by atoms with van der Waals surface area (Å²) in [5.41, 5.74) is 1.93. The second-order valence-electron chi connectivity index (χ2n) is 6.79. The van der Waals surface area contributed by atoms with Gasteiger partial charge in [0, 0.05) is 24.2 Å². The summed E-state index contributed by atoms with van der Waals surface area (Å²) in [5.74, 6) is 0.168. The molecule has 0 radical (unpaired) electrons. The standard InChI is InChI=1S/C17H21N5O2/c23-16(21-12-5-6-12)10-1-3-11(4-2-10)22-17(24)13-7-19-14-8-18-9-20-15(13)14/h7-12,19H,1-6H2,(H,21,23)(H,22,24). The monoisotopic (exact) mass is 327 g/mol. The lowest BCUT2D eigenvalue weighted by atomic mass is 9.85. The molecular weight excluding hydrogens is 306 g/mol. The second-order valence-corrected chi connectivity index (χ2v) is 6.79. The minimum atomic E-state index is -0.120. The molecule has 7 nitrogen and oxygen atoms in total. The fourth-order valence-corrected chi connectivity index (χ4v) is 3.35. The number of hydrogen-bond donors (Lipinski definition) is 3. The molecule has 0 unspecified atom stereocenters. The summed E-state index contributed by atoms with van der Waals surface area (Å²) in [7, 11) is 0. The lowest BCUT2D eigenvalue weighted by molar-refractivity contribution is -0.126. The Balaban J connectivity index is 1.33. The highest BCUT2D eigenvalue weighted by Crippen LogP contribution is 2.27. The van der Waals surface area contributed by atoms with E-state index in [2.05, 4.69) is 25.6 Å². The SMILES string of the molecule is O=C(NC1CCC(C(=O)NC2CC2)CC1)c1c[nH]c2cncnc12. The van der Waals surface area contributed by atoms with Crippen molar-refractivity contribution in [3.05, 3.63) is 24.3 Å². The molecule has 2 aliphatic carbocycles. The van der Waals surface area contributed by atoms with Gasteiger partial charge in [0.05, 0.1) is 17.3 Å². The van der Waals surface area contributed by atoms with Crippen molar-refractivity contribution in [2.24, 2.45) is 5.92 Å². The number of nitrogens with zero attached hydrogens (tertiary/aromatic N) is 2. The van der Waals surface area contributed by atoms with Crippen LogP contribution in [0.15, 0.2) is 18.7 Å². The highest BCUT2D eigenvalue weighted by Gasteiger charge is 2.31. The molecule has 0 bridgehead atoms. The fourth-order valence-electron chi connectivity index (χ4n) is 3.35. The Morgan fingerprint density at radius 3 is 2.50 bits per heavy atom. The van der Waals surface area contributed by atoms with Gasteiger partial charge >= 0.3 is 0 Å². The summed E-state index contributed by atoms with van der Waals surface area (Å²) in [5, 5.41) is 6.15. The zero-order valence-corrected chi connectivity index (χ0v) is 13.4. The Hall–Kier alpha value is -2.44. The van der Waals surface area contributed by atoms with Crippen LogP contribution in [0.1, 0.15) is 48.9 Å². The van der Waals surface area contributed by atoms with E-state index in [9.17, 15) is 9.59 Å². The number of H-pyrrole nitrogens is 1. The Bertz CT molecular complexity index is 759. The van der Waals surface area contributed by atoms with Crippen molar-refractivity contribution in [1.29, 1.82) is 0 Å². The Labute approximate surface area is 139 Å². The van der Waals surface area contributed by atoms with E-state index in [0.717, 1.165) is 44.0 Å². The van der Waals surface area contributed by atoms with Gasteiger partial charge in [0.1, 0.15) is 11.8 Å². The number of aromatic nitrogens is 3. The molecule has 2 heterocycles. The Morgan fingerprint density at radius 2 is 1.75 bits per heavy atom. The van der Waals surface area contributed by atoms with E-state index in [1.165, 1.54) is 6.33 Å². The third-order valence-electron chi connectivity index (χ3n) is 4.94. The smallest absolute Gasteiger partial charge is 0.255 e. The summed E-state index contributed by atoms with van der Waals surface area (Å²) in [6.45, 7) is 0. The van der Waals surface area contributed by atoms with Crippen LogP contribution in [0, 0.1) is 5.92 Å². The average molecular weight is 327 g/mol. The van der Waals surface area contributed by atoms with Crippen LogP contribution in [0.5, 0.6) is 0 Å². The van der Waals surface area contributed by atoms with Gasteiger partial charge in [-0.1, -0.05) is 0 Å². The van der Waals surface area contributed by atoms with Gasteiger partial charge in [0.15, 0.2) is 0 Å². The molecule has 2 amide bonds. The molecule has 2 aliphatic rings. The molecule has 0 aliphatic heterocycles. The molecule has 2 aromatic heterocycles. The molecular formula is C17H21N5O2. The molecule has 2 fully saturated rings. The Morgan fingerprint density at radius 1 is 1.04 bits per heavy atom. The predicted octanol–water partition coefficient (Wildman–Crippen LogP) is 1.53. The maximum Gasteiger partial charge on any atom is 0.255 e. The topological polar surface area (TPSA) is 99.8 Å². The lowest BCUT2D eigenvalue weighted by Crippen LogP contribution is -2.41. The predicted molar refractivity (Wildman–Crippen MR) is 88.3 cm³/mol. The van der Waals surface area contributed by atoms with Crippen molar-refractivity contribution >= 4 is 22.8 Å². The van der Waals surface area contributed by atoms with E-state index in [0.29, 0.717) is 17.1 Å². The van der Waals surface area contributed by atoms with Gasteiger partial charge < -0.3 is 15.6 Å². The van der Waals surface area contributed by atoms with Crippen molar-refractivity contribution in [1.82, 2.24) is 25.6 Å². The van der Waals surface area contributed by atoms with Crippen LogP contribution < -0.4 is 10.6 Å². The van der Waals surface area contributed by atoms with E-state index in [1.54, 1.807) is 12.4 Å². The van der Waals surface area contributed by atoms with Crippen LogP contribution in [-0.2, 0) is 4.79 Å². The van der Waals surface area contributed by atoms with Crippen molar-refractivity contribution in [2.45, 2.75) is 50.6 Å². The largest absolute Gasteiger partial charge is 0.358 e. The van der Waals surface area contributed by atoms with E-state index in [4.69, 9.17) is 0 Å². The van der Waals surface area contributed by atoms with Crippen LogP contribution in [0.4, 0.5) is 0 Å². The molecule has 24 heavy (non-hydrogen) atoms. The minimum absolute atomic E-state index is 0.0968. The van der Waals surface area contributed by atoms with Gasteiger partial charge in [-0.3, -0.25) is 9.59 Å². The molecule has 2 saturated carbocycles. The summed E-state index contributed by atoms with van der Waals surface area (Å²) in [6, 6.07) is 0.535. The van der Waals surface area contributed by atoms with Crippen LogP contribution >= 0.6 is 0 Å². The van der Waals surface area contributed by atoms with Crippen molar-refractivity contribution in [3.63, 3.8) is 0 Å². The zero-order chi connectivity index (χ0) is 16.5. The highest BCUT2D eigenvalue weighted by atomic mass is 16.2. The number of aromatic amines is 1. The third kappa shape index (κ3) is 3.11. The average Bonchev–Trinajstić information content (AvgIpc) is 3.30. The van der Waals surface area contributed by atoms with Gasteiger partial charge in [-0.15, -0.1) is 0 Å². The van der Waals surface area contributed by atoms with Crippen molar-refractivity contribution in [2.75, 3.05) is 0 Å². The first-order valence-corrected chi connectivity index (χ1v) is 8.59. The molecule has 0 aromatic carbocycles. The summed E-state index contributed by atoms with van der Waals surface area (Å²) in [6.07, 6.45) is 10.3. The normalized spacial score (nSPS) is 23.8. The summed E-state index contributed by atoms with van der Waals surface area (Å²) < 4.78 is 0. The van der Waals surface area contributed by atoms with Gasteiger partial charge in [0.2, 0.25) is 5.91 Å². The minimum Gasteiger partial charge on any atom is -0.358 e. The number of carbonyl (C=O) groups excluding carboxylic acids is 2. The summed E-state index contributed by atoms with van der Waals surface area (Å²) in [4.78, 5) is 35.7. The summed E-state index contributed by atoms with van der Waals surface area (Å²) >= 11 is 0. The van der Waals surface area contributed by atoms with E-state index >= 15 is 0 Å². The quantitative estimate of drug-likeness (QED) is 0.793. The van der Waals surface area contributed by atoms with Gasteiger partial charge in [-0.05, 0) is 38.5 Å². The number of fused-ring (bicyclic) bond motifs is 1. The van der Waals surface area contributed by atoms with E-state index in [1.807, 2.05) is 0 Å². The third-order valence-corrected chi connectivity index (χ3v) is 4.94. The number of amides is 2. The van der Waals surface area contributed by atoms with Gasteiger partial charge in [0.25, 0.3) is 5.91 Å². The van der Waals surface area contributed by atoms with Gasteiger partial charge in [-0.25, -0.2) is 9.97 Å². The van der Waals surface area contributed by atoms with Crippen LogP contribution in [0.2, 0.25) is 0 Å². The maximum atomic E-state index is 12.5. The van der Waals surface area contributed by atoms with Crippen LogP contribution in [0.3, 0.4) is 0 Å². The first-order valence-electron chi connectivity index (χ1n) is 8.59. The Kier molecular flexibility index (Phi) is 3.92. The van der Waals surface area contributed by atoms with E-state index in [-0.39, 0.29) is 23.8 Å². The fraction of sp³-hybridized carbons (Fsp3) is 0.529. The molecule has 0 spiro atoms. The molecule has 126 valence electrons. The first kappa shape index (κ1) is 15.1. The number of rotatable bonds is 4. The van der Waals surface area contributed by atoms with Crippen molar-refractivity contribution < 1.29 is 9.59 Å². The lowest BCUT2D eigenvalue weighted by Gasteiger charge is -2.28. The van der Waals surface area contributed by atoms with Gasteiger partial charge in [-0.2, -0.15) is 0 Å². The van der Waals surface area contributed by atoms with E-state index < -0.39 is 0 Å². The molecule has 3 N–H and O–H groups in total. The maximum absolute atomic E-state index is 12.5. The molecule has 7 heteroatoms. The first-order chi connectivity index (χ1) is 11.7. The highest BCUT2D eigenvalue weighted by molar-refractivity contribution is 6.05. The molecule has 0 atom stereocenters.